The molecule has 1 rings (SSSR count). The van der Waals surface area contributed by atoms with Crippen molar-refractivity contribution in [3.8, 4) is 0 Å². The molecule has 0 amide bonds. The number of aliphatic hydroxyl groups excluding tert-OH is 1. The average Bonchev–Trinajstić information content (AvgIpc) is 2.44. The van der Waals surface area contributed by atoms with Crippen molar-refractivity contribution in [2.45, 2.75) is 39.7 Å². The second kappa shape index (κ2) is 10.0. The van der Waals surface area contributed by atoms with Crippen LogP contribution in [0.15, 0.2) is 18.2 Å². The molecule has 21 heavy (non-hydrogen) atoms. The molecule has 0 atom stereocenters. The zero-order valence-electron chi connectivity index (χ0n) is 13.5. The molecule has 2 N–H and O–H groups in total. The Kier molecular flexibility index (Phi) is 8.74. The molecule has 0 heterocycles. The number of halogens is 1. The Hall–Kier alpha value is -0.770. The van der Waals surface area contributed by atoms with E-state index in [9.17, 15) is 0 Å². The number of aliphatic hydroxyl groups is 1. The number of rotatable bonds is 10. The van der Waals surface area contributed by atoms with Crippen molar-refractivity contribution in [2.24, 2.45) is 5.92 Å². The fourth-order valence-corrected chi connectivity index (χ4v) is 2.42. The van der Waals surface area contributed by atoms with E-state index in [2.05, 4.69) is 43.2 Å². The Morgan fingerprint density at radius 1 is 1.24 bits per heavy atom. The van der Waals surface area contributed by atoms with Crippen LogP contribution >= 0.6 is 11.6 Å². The predicted molar refractivity (Wildman–Crippen MR) is 92.2 cm³/mol. The van der Waals surface area contributed by atoms with E-state index in [1.54, 1.807) is 0 Å². The molecule has 4 heteroatoms. The average molecular weight is 313 g/mol. The first kappa shape index (κ1) is 18.3. The van der Waals surface area contributed by atoms with Gasteiger partial charge in [-0.25, -0.2) is 0 Å². The van der Waals surface area contributed by atoms with E-state index in [1.165, 1.54) is 0 Å². The first-order chi connectivity index (χ1) is 10.0. The van der Waals surface area contributed by atoms with Crippen LogP contribution in [0.25, 0.3) is 0 Å². The highest BCUT2D eigenvalue weighted by molar-refractivity contribution is 6.31. The summed E-state index contributed by atoms with van der Waals surface area (Å²) in [6, 6.07) is 6.28. The minimum absolute atomic E-state index is 0.285. The lowest BCUT2D eigenvalue weighted by atomic mass is 10.1. The number of nitrogens with zero attached hydrogens (tertiary/aromatic N) is 1. The fourth-order valence-electron chi connectivity index (χ4n) is 2.18. The molecule has 0 aromatic heterocycles. The lowest BCUT2D eigenvalue weighted by Gasteiger charge is -2.20. The van der Waals surface area contributed by atoms with Crippen LogP contribution in [0.1, 0.15) is 38.7 Å². The number of benzene rings is 1. The van der Waals surface area contributed by atoms with Gasteiger partial charge in [0.2, 0.25) is 0 Å². The highest BCUT2D eigenvalue weighted by atomic mass is 35.5. The van der Waals surface area contributed by atoms with Gasteiger partial charge < -0.3 is 15.3 Å². The summed E-state index contributed by atoms with van der Waals surface area (Å²) >= 11 is 6.37. The summed E-state index contributed by atoms with van der Waals surface area (Å²) in [6.45, 7) is 7.49. The molecule has 3 nitrogen and oxygen atoms in total. The molecular weight excluding hydrogens is 284 g/mol. The quantitative estimate of drug-likeness (QED) is 0.647. The molecule has 0 saturated heterocycles. The monoisotopic (exact) mass is 312 g/mol. The van der Waals surface area contributed by atoms with Gasteiger partial charge in [0.15, 0.2) is 0 Å². The molecule has 120 valence electrons. The van der Waals surface area contributed by atoms with Crippen molar-refractivity contribution in [2.75, 3.05) is 31.6 Å². The molecule has 1 aromatic carbocycles. The van der Waals surface area contributed by atoms with Crippen LogP contribution in [0, 0.1) is 5.92 Å². The van der Waals surface area contributed by atoms with Gasteiger partial charge in [0.1, 0.15) is 0 Å². The maximum Gasteiger partial charge on any atom is 0.0471 e. The summed E-state index contributed by atoms with van der Waals surface area (Å²) in [7, 11) is 2.08. The molecule has 0 aliphatic carbocycles. The number of hydrogen-bond donors (Lipinski definition) is 2. The van der Waals surface area contributed by atoms with Crippen LogP contribution in [0.5, 0.6) is 0 Å². The van der Waals surface area contributed by atoms with E-state index >= 15 is 0 Å². The van der Waals surface area contributed by atoms with Gasteiger partial charge in [0.25, 0.3) is 0 Å². The minimum atomic E-state index is 0.285. The third-order valence-electron chi connectivity index (χ3n) is 3.50. The molecular formula is C17H29ClN2O. The third kappa shape index (κ3) is 7.16. The molecule has 0 aliphatic rings. The van der Waals surface area contributed by atoms with Gasteiger partial charge in [-0.2, -0.15) is 0 Å². The van der Waals surface area contributed by atoms with Crippen LogP contribution in [-0.2, 0) is 6.54 Å². The smallest absolute Gasteiger partial charge is 0.0471 e. The van der Waals surface area contributed by atoms with E-state index in [4.69, 9.17) is 16.7 Å². The first-order valence-corrected chi connectivity index (χ1v) is 8.23. The number of hydrogen-bond acceptors (Lipinski definition) is 3. The van der Waals surface area contributed by atoms with Crippen LogP contribution in [-0.4, -0.2) is 31.9 Å². The lowest BCUT2D eigenvalue weighted by Crippen LogP contribution is -2.20. The van der Waals surface area contributed by atoms with Crippen LogP contribution < -0.4 is 10.2 Å². The summed E-state index contributed by atoms with van der Waals surface area (Å²) in [6.07, 6.45) is 3.03. The van der Waals surface area contributed by atoms with Gasteiger partial charge in [-0.15, -0.1) is 0 Å². The highest BCUT2D eigenvalue weighted by Gasteiger charge is 2.06. The Morgan fingerprint density at radius 3 is 2.62 bits per heavy atom. The fraction of sp³-hybridized carbons (Fsp3) is 0.647. The minimum Gasteiger partial charge on any atom is -0.396 e. The Morgan fingerprint density at radius 2 is 2.00 bits per heavy atom. The Labute approximate surface area is 134 Å². The number of unbranched alkanes of at least 4 members (excludes halogenated alkanes) is 2. The third-order valence-corrected chi connectivity index (χ3v) is 3.85. The largest absolute Gasteiger partial charge is 0.396 e. The Balaban J connectivity index is 2.48. The van der Waals surface area contributed by atoms with Crippen molar-refractivity contribution >= 4 is 17.3 Å². The first-order valence-electron chi connectivity index (χ1n) is 7.85. The molecule has 0 unspecified atom stereocenters. The molecule has 0 fully saturated rings. The van der Waals surface area contributed by atoms with Gasteiger partial charge in [-0.3, -0.25) is 0 Å². The number of anilines is 1. The maximum absolute atomic E-state index is 8.78. The van der Waals surface area contributed by atoms with Crippen LogP contribution in [0.3, 0.4) is 0 Å². The summed E-state index contributed by atoms with van der Waals surface area (Å²) in [5.74, 6) is 0.646. The molecule has 0 aliphatic heterocycles. The second-order valence-electron chi connectivity index (χ2n) is 6.01. The topological polar surface area (TPSA) is 35.5 Å². The van der Waals surface area contributed by atoms with E-state index in [0.29, 0.717) is 5.92 Å². The summed E-state index contributed by atoms with van der Waals surface area (Å²) in [5.41, 5.74) is 2.30. The van der Waals surface area contributed by atoms with E-state index in [0.717, 1.165) is 55.2 Å². The zero-order chi connectivity index (χ0) is 15.7. The van der Waals surface area contributed by atoms with E-state index < -0.39 is 0 Å². The van der Waals surface area contributed by atoms with Crippen molar-refractivity contribution in [1.82, 2.24) is 5.32 Å². The molecule has 1 aromatic rings. The maximum atomic E-state index is 8.78. The number of nitrogens with one attached hydrogen (secondary N) is 1. The SMILES string of the molecule is CC(C)CNCc1ccc(N(C)CCCCCO)cc1Cl. The van der Waals surface area contributed by atoms with Crippen molar-refractivity contribution < 1.29 is 5.11 Å². The lowest BCUT2D eigenvalue weighted by molar-refractivity contribution is 0.283. The Bertz CT molecular complexity index is 410. The molecule has 0 spiro atoms. The standard InChI is InChI=1S/C17H29ClN2O/c1-14(2)12-19-13-15-7-8-16(11-17(15)18)20(3)9-5-4-6-10-21/h7-8,11,14,19,21H,4-6,9-10,12-13H2,1-3H3. The van der Waals surface area contributed by atoms with Crippen molar-refractivity contribution in [3.63, 3.8) is 0 Å². The van der Waals surface area contributed by atoms with Crippen molar-refractivity contribution in [3.05, 3.63) is 28.8 Å². The molecule has 0 bridgehead atoms. The predicted octanol–water partition coefficient (Wildman–Crippen LogP) is 3.68. The normalized spacial score (nSPS) is 11.1. The van der Waals surface area contributed by atoms with Crippen LogP contribution in [0.2, 0.25) is 5.02 Å². The molecule has 0 saturated carbocycles. The highest BCUT2D eigenvalue weighted by Crippen LogP contribution is 2.23. The van der Waals surface area contributed by atoms with Gasteiger partial charge >= 0.3 is 0 Å². The summed E-state index contributed by atoms with van der Waals surface area (Å²) < 4.78 is 0. The van der Waals surface area contributed by atoms with Crippen molar-refractivity contribution in [1.29, 1.82) is 0 Å². The van der Waals surface area contributed by atoms with Gasteiger partial charge in [0, 0.05) is 37.5 Å². The zero-order valence-corrected chi connectivity index (χ0v) is 14.3. The van der Waals surface area contributed by atoms with E-state index in [-0.39, 0.29) is 6.61 Å². The van der Waals surface area contributed by atoms with Gasteiger partial charge in [-0.05, 0) is 49.4 Å². The summed E-state index contributed by atoms with van der Waals surface area (Å²) in [5, 5.41) is 13.0. The van der Waals surface area contributed by atoms with E-state index in [1.807, 2.05) is 6.07 Å². The van der Waals surface area contributed by atoms with Crippen LogP contribution in [0.4, 0.5) is 5.69 Å². The molecule has 0 radical (unpaired) electrons. The van der Waals surface area contributed by atoms with Gasteiger partial charge in [0.05, 0.1) is 0 Å². The summed E-state index contributed by atoms with van der Waals surface area (Å²) in [4.78, 5) is 2.22. The van der Waals surface area contributed by atoms with Gasteiger partial charge in [-0.1, -0.05) is 31.5 Å². The second-order valence-corrected chi connectivity index (χ2v) is 6.41.